The molecule has 0 spiro atoms. The average Bonchev–Trinajstić information content (AvgIpc) is 4.11. The van der Waals surface area contributed by atoms with Gasteiger partial charge in [0.05, 0.1) is 11.0 Å². The molecule has 4 heterocycles. The maximum absolute atomic E-state index is 6.06. The van der Waals surface area contributed by atoms with Crippen LogP contribution in [0.4, 0.5) is 0 Å². The summed E-state index contributed by atoms with van der Waals surface area (Å²) in [6.07, 6.45) is 0. The summed E-state index contributed by atoms with van der Waals surface area (Å²) >= 11 is 0. The van der Waals surface area contributed by atoms with Crippen molar-refractivity contribution in [3.63, 3.8) is 0 Å². The quantitative estimate of drug-likeness (QED) is 0.158. The summed E-state index contributed by atoms with van der Waals surface area (Å²) in [4.78, 5) is 24.6. The van der Waals surface area contributed by atoms with Gasteiger partial charge in [0.25, 0.3) is 0 Å². The van der Waals surface area contributed by atoms with E-state index in [1.807, 2.05) is 97.1 Å². The summed E-state index contributed by atoms with van der Waals surface area (Å²) < 4.78 is 14.5. The molecular formula is C57H34N6O2. The topological polar surface area (TPSA) is 95.7 Å². The van der Waals surface area contributed by atoms with Crippen LogP contribution in [-0.2, 0) is 0 Å². The van der Waals surface area contributed by atoms with E-state index >= 15 is 0 Å². The number of aromatic nitrogens is 6. The minimum Gasteiger partial charge on any atom is -0.436 e. The highest BCUT2D eigenvalue weighted by Crippen LogP contribution is 2.37. The van der Waals surface area contributed by atoms with Gasteiger partial charge >= 0.3 is 0 Å². The van der Waals surface area contributed by atoms with E-state index in [9.17, 15) is 0 Å². The first kappa shape index (κ1) is 36.6. The van der Waals surface area contributed by atoms with Crippen molar-refractivity contribution in [3.8, 4) is 73.9 Å². The average molecular weight is 835 g/mol. The molecule has 9 aromatic carbocycles. The number of oxazole rings is 2. The summed E-state index contributed by atoms with van der Waals surface area (Å²) in [6.45, 7) is 0. The van der Waals surface area contributed by atoms with E-state index < -0.39 is 0 Å². The van der Waals surface area contributed by atoms with Crippen LogP contribution in [0.2, 0.25) is 0 Å². The summed E-state index contributed by atoms with van der Waals surface area (Å²) in [5, 5.41) is 4.66. The van der Waals surface area contributed by atoms with Crippen LogP contribution in [0, 0.1) is 0 Å². The van der Waals surface area contributed by atoms with E-state index in [4.69, 9.17) is 33.8 Å². The molecule has 0 aliphatic heterocycles. The van der Waals surface area contributed by atoms with Crippen molar-refractivity contribution in [3.05, 3.63) is 206 Å². The first-order valence-corrected chi connectivity index (χ1v) is 21.5. The van der Waals surface area contributed by atoms with E-state index in [0.717, 1.165) is 77.6 Å². The van der Waals surface area contributed by atoms with E-state index in [1.165, 1.54) is 21.8 Å². The van der Waals surface area contributed by atoms with Gasteiger partial charge < -0.3 is 13.4 Å². The molecule has 0 unspecified atom stereocenters. The molecule has 8 heteroatoms. The SMILES string of the molecule is c1ccc(-n2c3ccccc3c3cc(-c4ccc5cc(-c6nc(-c7ccc(-c8nc9ccccc9o8)cc7)nc(-c7ccc(-c8nc9ccccc9o8)cc7)n6)ccc5c4)ccc32)cc1. The van der Waals surface area contributed by atoms with E-state index in [0.29, 0.717) is 29.3 Å². The fraction of sp³-hybridized carbons (Fsp3) is 0. The molecule has 8 nitrogen and oxygen atoms in total. The molecule has 304 valence electrons. The molecule has 0 radical (unpaired) electrons. The lowest BCUT2D eigenvalue weighted by Crippen LogP contribution is -2.00. The molecule has 0 fully saturated rings. The Morgan fingerprint density at radius 3 is 1.37 bits per heavy atom. The van der Waals surface area contributed by atoms with Crippen LogP contribution < -0.4 is 0 Å². The Kier molecular flexibility index (Phi) is 8.35. The van der Waals surface area contributed by atoms with E-state index in [1.54, 1.807) is 0 Å². The van der Waals surface area contributed by atoms with Gasteiger partial charge in [0.2, 0.25) is 11.8 Å². The van der Waals surface area contributed by atoms with Gasteiger partial charge in [0.1, 0.15) is 11.0 Å². The van der Waals surface area contributed by atoms with Crippen molar-refractivity contribution in [2.75, 3.05) is 0 Å². The van der Waals surface area contributed by atoms with Crippen LogP contribution >= 0.6 is 0 Å². The van der Waals surface area contributed by atoms with Gasteiger partial charge in [0.15, 0.2) is 28.6 Å². The van der Waals surface area contributed by atoms with Crippen LogP contribution in [0.15, 0.2) is 215 Å². The second kappa shape index (κ2) is 14.8. The summed E-state index contributed by atoms with van der Waals surface area (Å²) in [6, 6.07) is 70.5. The third-order valence-corrected chi connectivity index (χ3v) is 12.1. The first-order chi connectivity index (χ1) is 32.1. The molecule has 13 rings (SSSR count). The lowest BCUT2D eigenvalue weighted by molar-refractivity contribution is 0.619. The predicted octanol–water partition coefficient (Wildman–Crippen LogP) is 14.4. The Labute approximate surface area is 371 Å². The third kappa shape index (κ3) is 6.43. The second-order valence-corrected chi connectivity index (χ2v) is 16.1. The zero-order valence-electron chi connectivity index (χ0n) is 34.6. The maximum Gasteiger partial charge on any atom is 0.227 e. The van der Waals surface area contributed by atoms with E-state index in [2.05, 4.69) is 114 Å². The smallest absolute Gasteiger partial charge is 0.227 e. The number of rotatable bonds is 7. The summed E-state index contributed by atoms with van der Waals surface area (Å²) in [5.74, 6) is 2.80. The number of fused-ring (bicyclic) bond motifs is 6. The number of hydrogen-bond acceptors (Lipinski definition) is 7. The molecule has 0 bridgehead atoms. The molecule has 0 aliphatic carbocycles. The highest BCUT2D eigenvalue weighted by atomic mass is 16.4. The minimum atomic E-state index is 0.552. The van der Waals surface area contributed by atoms with Crippen molar-refractivity contribution >= 4 is 54.8 Å². The molecule has 4 aromatic heterocycles. The monoisotopic (exact) mass is 834 g/mol. The number of nitrogens with zero attached hydrogens (tertiary/aromatic N) is 6. The van der Waals surface area contributed by atoms with Crippen molar-refractivity contribution in [2.24, 2.45) is 0 Å². The number of benzene rings is 9. The maximum atomic E-state index is 6.06. The highest BCUT2D eigenvalue weighted by Gasteiger charge is 2.17. The Bertz CT molecular complexity index is 3740. The normalized spacial score (nSPS) is 11.7. The minimum absolute atomic E-state index is 0.552. The molecule has 0 saturated carbocycles. The third-order valence-electron chi connectivity index (χ3n) is 12.1. The van der Waals surface area contributed by atoms with E-state index in [-0.39, 0.29) is 0 Å². The van der Waals surface area contributed by atoms with Crippen molar-refractivity contribution in [1.29, 1.82) is 0 Å². The fourth-order valence-electron chi connectivity index (χ4n) is 8.85. The van der Waals surface area contributed by atoms with Gasteiger partial charge in [-0.05, 0) is 113 Å². The summed E-state index contributed by atoms with van der Waals surface area (Å²) in [7, 11) is 0. The van der Waals surface area contributed by atoms with Crippen LogP contribution in [0.25, 0.3) is 129 Å². The van der Waals surface area contributed by atoms with Gasteiger partial charge in [-0.1, -0.05) is 115 Å². The number of para-hydroxylation sites is 6. The molecular weight excluding hydrogens is 801 g/mol. The Morgan fingerprint density at radius 2 is 0.754 bits per heavy atom. The van der Waals surface area contributed by atoms with Gasteiger partial charge in [-0.15, -0.1) is 0 Å². The fourth-order valence-corrected chi connectivity index (χ4v) is 8.85. The Hall–Kier alpha value is -9.01. The molecule has 0 aliphatic rings. The highest BCUT2D eigenvalue weighted by molar-refractivity contribution is 6.10. The number of hydrogen-bond donors (Lipinski definition) is 0. The standard InChI is InChI=1S/C57H34N6O2/c1-2-10-44(11-3-1)63-49-15-7-4-12-45(49)46-34-42(30-31-50(46)63)40-26-27-41-33-43(29-28-39(41)32-40)55-61-53(35-18-22-37(23-19-35)56-58-47-13-5-8-16-51(47)64-56)60-54(62-55)36-20-24-38(25-21-36)57-59-48-14-6-9-17-52(48)65-57/h1-34H. The first-order valence-electron chi connectivity index (χ1n) is 21.5. The molecule has 0 saturated heterocycles. The summed E-state index contributed by atoms with van der Waals surface area (Å²) in [5.41, 5.74) is 13.3. The van der Waals surface area contributed by atoms with Gasteiger partial charge in [-0.25, -0.2) is 24.9 Å². The largest absolute Gasteiger partial charge is 0.436 e. The zero-order valence-corrected chi connectivity index (χ0v) is 34.6. The lowest BCUT2D eigenvalue weighted by atomic mass is 9.98. The Balaban J connectivity index is 0.873. The second-order valence-electron chi connectivity index (χ2n) is 16.1. The molecule has 0 N–H and O–H groups in total. The van der Waals surface area contributed by atoms with Gasteiger partial charge in [-0.3, -0.25) is 0 Å². The van der Waals surface area contributed by atoms with Crippen LogP contribution in [0.5, 0.6) is 0 Å². The Morgan fingerprint density at radius 1 is 0.308 bits per heavy atom. The predicted molar refractivity (Wildman–Crippen MR) is 259 cm³/mol. The van der Waals surface area contributed by atoms with Crippen molar-refractivity contribution < 1.29 is 8.83 Å². The van der Waals surface area contributed by atoms with Crippen LogP contribution in [-0.4, -0.2) is 29.5 Å². The van der Waals surface area contributed by atoms with Crippen LogP contribution in [0.3, 0.4) is 0 Å². The van der Waals surface area contributed by atoms with Crippen molar-refractivity contribution in [1.82, 2.24) is 29.5 Å². The molecule has 0 amide bonds. The molecule has 0 atom stereocenters. The molecule has 65 heavy (non-hydrogen) atoms. The van der Waals surface area contributed by atoms with Crippen LogP contribution in [0.1, 0.15) is 0 Å². The van der Waals surface area contributed by atoms with Gasteiger partial charge in [-0.2, -0.15) is 0 Å². The zero-order chi connectivity index (χ0) is 42.8. The molecule has 13 aromatic rings. The van der Waals surface area contributed by atoms with Crippen molar-refractivity contribution in [2.45, 2.75) is 0 Å². The lowest BCUT2D eigenvalue weighted by Gasteiger charge is -2.10. The van der Waals surface area contributed by atoms with Gasteiger partial charge in [0, 0.05) is 44.3 Å².